The Morgan fingerprint density at radius 2 is 1.32 bits per heavy atom. The fourth-order valence-electron chi connectivity index (χ4n) is 9.27. The van der Waals surface area contributed by atoms with Crippen LogP contribution in [0.25, 0.3) is 54.7 Å². The van der Waals surface area contributed by atoms with Crippen molar-refractivity contribution in [2.24, 2.45) is 5.92 Å². The van der Waals surface area contributed by atoms with Gasteiger partial charge in [0.15, 0.2) is 0 Å². The number of fused-ring (bicyclic) bond motifs is 6. The molecule has 0 saturated carbocycles. The molecule has 324 valence electrons. The molecule has 7 aromatic rings. The molecule has 4 N–H and O–H groups in total. The Kier molecular flexibility index (Phi) is 11.4. The molecule has 9 rings (SSSR count). The molecule has 0 radical (unpaired) electrons. The summed E-state index contributed by atoms with van der Waals surface area (Å²) < 4.78 is 9.70. The van der Waals surface area contributed by atoms with Crippen LogP contribution in [0.5, 0.6) is 0 Å². The third kappa shape index (κ3) is 7.90. The van der Waals surface area contributed by atoms with E-state index in [0.717, 1.165) is 79.8 Å². The Hall–Kier alpha value is -6.61. The van der Waals surface area contributed by atoms with Gasteiger partial charge in [0.05, 0.1) is 48.4 Å². The average Bonchev–Trinajstić information content (AvgIpc) is 4.14. The van der Waals surface area contributed by atoms with Crippen molar-refractivity contribution in [1.29, 1.82) is 0 Å². The summed E-state index contributed by atoms with van der Waals surface area (Å²) in [5.74, 6) is 0.969. The number of rotatable bonds is 10. The molecule has 1 unspecified atom stereocenters. The highest BCUT2D eigenvalue weighted by Crippen LogP contribution is 2.40. The number of alkyl carbamates (subject to hydrolysis) is 2. The van der Waals surface area contributed by atoms with Crippen molar-refractivity contribution >= 4 is 79.4 Å². The van der Waals surface area contributed by atoms with Crippen LogP contribution in [0.2, 0.25) is 0 Å². The van der Waals surface area contributed by atoms with Crippen molar-refractivity contribution in [2.75, 3.05) is 33.6 Å². The summed E-state index contributed by atoms with van der Waals surface area (Å²) in [7, 11) is 2.58. The summed E-state index contributed by atoms with van der Waals surface area (Å²) in [6.07, 6.45) is 3.08. The molecule has 2 saturated heterocycles. The van der Waals surface area contributed by atoms with Crippen molar-refractivity contribution in [3.63, 3.8) is 0 Å². The number of ether oxygens (including phenoxy) is 2. The van der Waals surface area contributed by atoms with Gasteiger partial charge in [0.2, 0.25) is 5.91 Å². The summed E-state index contributed by atoms with van der Waals surface area (Å²) in [4.78, 5) is 73.4. The average molecular weight is 867 g/mol. The van der Waals surface area contributed by atoms with Gasteiger partial charge >= 0.3 is 12.2 Å². The van der Waals surface area contributed by atoms with E-state index < -0.39 is 24.3 Å². The Morgan fingerprint density at radius 1 is 0.730 bits per heavy atom. The van der Waals surface area contributed by atoms with Crippen LogP contribution in [0.1, 0.15) is 68.4 Å². The SMILES string of the molecule is COC(=O)N[C@H](C(=O)N1CCC[C@H]1c1nc2ccc3cc(-c4ccc5c(ccc6nc(C7C[C@H](SC)CN7C(=O)[C@H](NC(=O)OC)c7ccccc7)[nH]c65)c4)ccc3c2[nH]1)C(C)C. The lowest BCUT2D eigenvalue weighted by Crippen LogP contribution is -2.51. The number of aromatic nitrogens is 4. The number of imidazole rings is 2. The second-order valence-corrected chi connectivity index (χ2v) is 17.8. The van der Waals surface area contributed by atoms with Crippen molar-refractivity contribution in [3.05, 3.63) is 108 Å². The molecule has 5 atom stereocenters. The molecule has 63 heavy (non-hydrogen) atoms. The number of H-pyrrole nitrogens is 2. The molecule has 5 aromatic carbocycles. The first kappa shape index (κ1) is 41.7. The second kappa shape index (κ2) is 17.3. The maximum Gasteiger partial charge on any atom is 0.407 e. The highest BCUT2D eigenvalue weighted by molar-refractivity contribution is 7.99. The van der Waals surface area contributed by atoms with Crippen LogP contribution in [0.15, 0.2) is 91.0 Å². The number of aromatic amines is 2. The Bertz CT molecular complexity index is 2880. The summed E-state index contributed by atoms with van der Waals surface area (Å²) in [5, 5.41) is 9.84. The quantitative estimate of drug-likeness (QED) is 0.105. The molecule has 0 spiro atoms. The van der Waals surface area contributed by atoms with Crippen LogP contribution in [0, 0.1) is 5.92 Å². The molecule has 0 aliphatic carbocycles. The monoisotopic (exact) mass is 866 g/mol. The van der Waals surface area contributed by atoms with Crippen molar-refractivity contribution in [2.45, 2.75) is 62.5 Å². The van der Waals surface area contributed by atoms with Crippen LogP contribution in [0.3, 0.4) is 0 Å². The van der Waals surface area contributed by atoms with Crippen molar-refractivity contribution in [3.8, 4) is 11.1 Å². The van der Waals surface area contributed by atoms with E-state index in [4.69, 9.17) is 19.4 Å². The zero-order chi connectivity index (χ0) is 43.9. The first-order valence-corrected chi connectivity index (χ1v) is 22.6. The minimum absolute atomic E-state index is 0.118. The van der Waals surface area contributed by atoms with Gasteiger partial charge in [-0.25, -0.2) is 19.6 Å². The van der Waals surface area contributed by atoms with Gasteiger partial charge in [-0.05, 0) is 83.2 Å². The number of hydrogen-bond acceptors (Lipinski definition) is 9. The predicted molar refractivity (Wildman–Crippen MR) is 245 cm³/mol. The highest BCUT2D eigenvalue weighted by atomic mass is 32.2. The van der Waals surface area contributed by atoms with Crippen LogP contribution in [-0.2, 0) is 19.1 Å². The van der Waals surface area contributed by atoms with Gasteiger partial charge in [0, 0.05) is 29.1 Å². The van der Waals surface area contributed by atoms with E-state index in [1.807, 2.05) is 66.1 Å². The number of nitrogens with zero attached hydrogens (tertiary/aromatic N) is 4. The first-order chi connectivity index (χ1) is 30.5. The second-order valence-electron chi connectivity index (χ2n) is 16.7. The van der Waals surface area contributed by atoms with E-state index in [9.17, 15) is 19.2 Å². The fourth-order valence-corrected chi connectivity index (χ4v) is 9.96. The van der Waals surface area contributed by atoms with E-state index in [0.29, 0.717) is 24.5 Å². The van der Waals surface area contributed by atoms with Crippen LogP contribution < -0.4 is 10.6 Å². The van der Waals surface area contributed by atoms with Crippen LogP contribution in [0.4, 0.5) is 9.59 Å². The Morgan fingerprint density at radius 3 is 1.89 bits per heavy atom. The standard InChI is InChI=1S/C48H50N8O6S/c1-26(2)39(53-47(59)61-3)45(57)55-21-9-12-37(55)43-49-35-19-15-30-22-28(13-17-33(30)41(35)51-43)29-14-18-34-31(23-29)16-20-36-42(34)52-44(50-36)38-24-32(63-5)25-56(38)46(58)40(54-48(60)62-4)27-10-7-6-8-11-27/h6-8,10-11,13-20,22-23,26,32,37-40H,9,12,21,24-25H2,1-5H3,(H,49,51)(H,50,52)(H,53,59)(H,54,60)/t32-,37-,38?,39-,40+/m0/s1. The number of nitrogens with one attached hydrogen (secondary N) is 4. The summed E-state index contributed by atoms with van der Waals surface area (Å²) in [5.41, 5.74) is 6.27. The lowest BCUT2D eigenvalue weighted by molar-refractivity contribution is -0.135. The molecule has 4 heterocycles. The summed E-state index contributed by atoms with van der Waals surface area (Å²) >= 11 is 1.72. The molecule has 14 nitrogen and oxygen atoms in total. The Labute approximate surface area is 368 Å². The number of carbonyl (C=O) groups excluding carboxylic acids is 4. The number of methoxy groups -OCH3 is 2. The van der Waals surface area contributed by atoms with Crippen LogP contribution >= 0.6 is 11.8 Å². The molecular formula is C48H50N8O6S. The maximum absolute atomic E-state index is 14.3. The van der Waals surface area contributed by atoms with Gasteiger partial charge in [0.25, 0.3) is 5.91 Å². The summed E-state index contributed by atoms with van der Waals surface area (Å²) in [6.45, 7) is 4.92. The number of likely N-dealkylation sites (tertiary alicyclic amines) is 2. The van der Waals surface area contributed by atoms with E-state index in [2.05, 4.69) is 75.4 Å². The fraction of sp³-hybridized carbons (Fsp3) is 0.333. The smallest absolute Gasteiger partial charge is 0.407 e. The van der Waals surface area contributed by atoms with Crippen LogP contribution in [-0.4, -0.2) is 98.6 Å². The first-order valence-electron chi connectivity index (χ1n) is 21.3. The normalized spacial score (nSPS) is 18.7. The van der Waals surface area contributed by atoms with Gasteiger partial charge in [-0.3, -0.25) is 9.59 Å². The van der Waals surface area contributed by atoms with E-state index >= 15 is 0 Å². The molecule has 15 heteroatoms. The van der Waals surface area contributed by atoms with Crippen molar-refractivity contribution in [1.82, 2.24) is 40.4 Å². The van der Waals surface area contributed by atoms with Gasteiger partial charge in [0.1, 0.15) is 23.7 Å². The van der Waals surface area contributed by atoms with E-state index in [-0.39, 0.29) is 35.1 Å². The number of hydrogen-bond donors (Lipinski definition) is 4. The third-order valence-electron chi connectivity index (χ3n) is 12.6. The third-order valence-corrected chi connectivity index (χ3v) is 13.6. The number of amides is 4. The lowest BCUT2D eigenvalue weighted by atomic mass is 9.98. The molecular weight excluding hydrogens is 817 g/mol. The van der Waals surface area contributed by atoms with Gasteiger partial charge in [-0.15, -0.1) is 0 Å². The molecule has 2 aliphatic heterocycles. The maximum atomic E-state index is 14.3. The van der Waals surface area contributed by atoms with Gasteiger partial charge < -0.3 is 39.9 Å². The number of benzene rings is 5. The van der Waals surface area contributed by atoms with Crippen molar-refractivity contribution < 1.29 is 28.7 Å². The zero-order valence-electron chi connectivity index (χ0n) is 35.8. The predicted octanol–water partition coefficient (Wildman–Crippen LogP) is 8.56. The molecule has 2 aliphatic rings. The molecule has 4 amide bonds. The number of thioether (sulfide) groups is 1. The minimum atomic E-state index is -0.912. The van der Waals surface area contributed by atoms with E-state index in [1.165, 1.54) is 14.2 Å². The van der Waals surface area contributed by atoms with Gasteiger partial charge in [-0.2, -0.15) is 11.8 Å². The molecule has 2 fully saturated rings. The summed E-state index contributed by atoms with van der Waals surface area (Å²) in [6, 6.07) is 28.1. The highest BCUT2D eigenvalue weighted by Gasteiger charge is 2.41. The lowest BCUT2D eigenvalue weighted by Gasteiger charge is -2.29. The zero-order valence-corrected chi connectivity index (χ0v) is 36.6. The molecule has 2 aromatic heterocycles. The Balaban J connectivity index is 0.985. The van der Waals surface area contributed by atoms with E-state index in [1.54, 1.807) is 11.8 Å². The topological polar surface area (TPSA) is 175 Å². The number of carbonyl (C=O) groups is 4. The largest absolute Gasteiger partial charge is 0.453 e. The minimum Gasteiger partial charge on any atom is -0.453 e. The molecule has 0 bridgehead atoms. The van der Waals surface area contributed by atoms with Gasteiger partial charge in [-0.1, -0.05) is 80.6 Å².